The van der Waals surface area contributed by atoms with Crippen molar-refractivity contribution >= 4 is 40.9 Å². The molecule has 0 amide bonds. The number of nitrogens with zero attached hydrogens (tertiary/aromatic N) is 2. The Balaban J connectivity index is 1.96. The number of Topliss-reactive ketones (excluding diaryl/α,β-unsaturated/α-hetero) is 1. The van der Waals surface area contributed by atoms with E-state index in [1.165, 1.54) is 12.8 Å². The van der Waals surface area contributed by atoms with Crippen molar-refractivity contribution in [1.82, 2.24) is 9.88 Å². The van der Waals surface area contributed by atoms with Crippen molar-refractivity contribution in [3.8, 4) is 0 Å². The van der Waals surface area contributed by atoms with Gasteiger partial charge in [0.25, 0.3) is 0 Å². The second kappa shape index (κ2) is 13.8. The van der Waals surface area contributed by atoms with Gasteiger partial charge in [0.1, 0.15) is 16.2 Å². The quantitative estimate of drug-likeness (QED) is 0.324. The zero-order valence-corrected chi connectivity index (χ0v) is 27.2. The summed E-state index contributed by atoms with van der Waals surface area (Å²) in [5.41, 5.74) is 0.395. The van der Waals surface area contributed by atoms with Crippen molar-refractivity contribution in [2.75, 3.05) is 19.3 Å². The molecule has 0 bridgehead atoms. The first-order valence-electron chi connectivity index (χ1n) is 14.7. The number of thioether (sulfide) groups is 1. The van der Waals surface area contributed by atoms with Crippen LogP contribution in [0.5, 0.6) is 0 Å². The molecule has 1 saturated carbocycles. The number of ketones is 1. The largest absolute Gasteiger partial charge is 0.456 e. The van der Waals surface area contributed by atoms with Gasteiger partial charge in [0.2, 0.25) is 0 Å². The van der Waals surface area contributed by atoms with Crippen LogP contribution in [-0.4, -0.2) is 75.0 Å². The van der Waals surface area contributed by atoms with Gasteiger partial charge in [-0.25, -0.2) is 4.98 Å². The second-order valence-electron chi connectivity index (χ2n) is 13.2. The third-order valence-electron chi connectivity index (χ3n) is 9.04. The van der Waals surface area contributed by atoms with E-state index in [1.807, 2.05) is 31.6 Å². The maximum atomic E-state index is 13.4. The van der Waals surface area contributed by atoms with Gasteiger partial charge in [-0.3, -0.25) is 14.5 Å². The van der Waals surface area contributed by atoms with E-state index in [0.29, 0.717) is 12.5 Å². The number of carbonyl (C=O) groups excluding carboxylic acids is 2. The molecule has 1 aromatic heterocycles. The fourth-order valence-electron chi connectivity index (χ4n) is 5.61. The molecular weight excluding hydrogens is 544 g/mol. The number of hydrogen-bond donors (Lipinski definition) is 2. The van der Waals surface area contributed by atoms with Gasteiger partial charge in [-0.05, 0) is 76.2 Å². The molecule has 0 aromatic carbocycles. The number of ether oxygens (including phenoxy) is 1. The fraction of sp³-hybridized carbons (Fsp3) is 0.774. The van der Waals surface area contributed by atoms with Crippen molar-refractivity contribution in [3.63, 3.8) is 0 Å². The molecule has 0 spiro atoms. The summed E-state index contributed by atoms with van der Waals surface area (Å²) in [7, 11) is 0. The molecule has 0 radical (unpaired) electrons. The monoisotopic (exact) mass is 594 g/mol. The van der Waals surface area contributed by atoms with Crippen molar-refractivity contribution in [2.24, 2.45) is 23.2 Å². The van der Waals surface area contributed by atoms with Crippen molar-refractivity contribution in [1.29, 1.82) is 0 Å². The summed E-state index contributed by atoms with van der Waals surface area (Å²) in [6, 6.07) is 0. The van der Waals surface area contributed by atoms with Gasteiger partial charge in [-0.15, -0.1) is 11.3 Å². The predicted molar refractivity (Wildman–Crippen MR) is 163 cm³/mol. The number of hydrogen-bond acceptors (Lipinski definition) is 9. The van der Waals surface area contributed by atoms with Gasteiger partial charge >= 0.3 is 5.97 Å². The second-order valence-corrected chi connectivity index (χ2v) is 15.1. The van der Waals surface area contributed by atoms with Gasteiger partial charge in [0, 0.05) is 29.9 Å². The van der Waals surface area contributed by atoms with Gasteiger partial charge in [0.05, 0.1) is 29.7 Å². The normalized spacial score (nSPS) is 31.6. The van der Waals surface area contributed by atoms with Gasteiger partial charge in [-0.1, -0.05) is 45.9 Å². The molecule has 1 aromatic rings. The third kappa shape index (κ3) is 8.63. The lowest BCUT2D eigenvalue weighted by atomic mass is 9.73. The summed E-state index contributed by atoms with van der Waals surface area (Å²) in [5, 5.41) is 24.1. The minimum Gasteiger partial charge on any atom is -0.456 e. The molecule has 2 fully saturated rings. The van der Waals surface area contributed by atoms with Crippen LogP contribution >= 0.6 is 23.1 Å². The number of thiazole rings is 1. The number of carbonyl (C=O) groups is 2. The Labute approximate surface area is 249 Å². The first-order valence-corrected chi connectivity index (χ1v) is 16.8. The molecule has 1 saturated heterocycles. The highest BCUT2D eigenvalue weighted by atomic mass is 32.2. The highest BCUT2D eigenvalue weighted by molar-refractivity contribution is 8.00. The number of aliphatic hydroxyl groups excluding tert-OH is 2. The summed E-state index contributed by atoms with van der Waals surface area (Å²) in [6.07, 6.45) is 6.24. The molecule has 3 rings (SSSR count). The summed E-state index contributed by atoms with van der Waals surface area (Å²) >= 11 is 3.19. The average Bonchev–Trinajstić information content (AvgIpc) is 3.60. The summed E-state index contributed by atoms with van der Waals surface area (Å²) in [6.45, 7) is 15.0. The lowest BCUT2D eigenvalue weighted by Crippen LogP contribution is -2.50. The smallest absolute Gasteiger partial charge is 0.309 e. The molecule has 1 aliphatic heterocycles. The number of esters is 1. The first kappa shape index (κ1) is 33.2. The van der Waals surface area contributed by atoms with Crippen LogP contribution in [0.25, 0.3) is 6.08 Å². The van der Waals surface area contributed by atoms with Crippen molar-refractivity contribution < 1.29 is 24.5 Å². The van der Waals surface area contributed by atoms with Crippen LogP contribution in [0.2, 0.25) is 0 Å². The van der Waals surface area contributed by atoms with E-state index >= 15 is 0 Å². The molecule has 2 N–H and O–H groups in total. The SMILES string of the molecule is CSc1nc(/C=C(\C)[C@@H]2CN(CC3CC3)C(C)(C)CCC[C@H](C)[C@H](O)[C@@H](C)C(=O)C(C)(C)[C@@H](O)CC(=O)O2)cs1. The predicted octanol–water partition coefficient (Wildman–Crippen LogP) is 5.83. The molecule has 9 heteroatoms. The van der Waals surface area contributed by atoms with E-state index in [-0.39, 0.29) is 23.7 Å². The Kier molecular flexibility index (Phi) is 11.5. The summed E-state index contributed by atoms with van der Waals surface area (Å²) < 4.78 is 7.09. The fourth-order valence-corrected chi connectivity index (χ4v) is 6.84. The van der Waals surface area contributed by atoms with Crippen LogP contribution in [0.15, 0.2) is 15.3 Å². The van der Waals surface area contributed by atoms with Gasteiger partial charge in [0.15, 0.2) is 0 Å². The van der Waals surface area contributed by atoms with E-state index in [0.717, 1.165) is 41.4 Å². The minimum atomic E-state index is -1.23. The first-order chi connectivity index (χ1) is 18.6. The van der Waals surface area contributed by atoms with E-state index < -0.39 is 35.6 Å². The molecule has 226 valence electrons. The summed E-state index contributed by atoms with van der Waals surface area (Å²) in [4.78, 5) is 33.8. The topological polar surface area (TPSA) is 100.0 Å². The molecule has 7 nitrogen and oxygen atoms in total. The van der Waals surface area contributed by atoms with Crippen molar-refractivity contribution in [3.05, 3.63) is 16.6 Å². The van der Waals surface area contributed by atoms with Gasteiger partial charge < -0.3 is 14.9 Å². The van der Waals surface area contributed by atoms with Crippen LogP contribution in [0.4, 0.5) is 0 Å². The summed E-state index contributed by atoms with van der Waals surface area (Å²) in [5.74, 6) is -0.823. The van der Waals surface area contributed by atoms with E-state index in [2.05, 4.69) is 23.7 Å². The minimum absolute atomic E-state index is 0.0559. The Morgan fingerprint density at radius 2 is 1.88 bits per heavy atom. The van der Waals surface area contributed by atoms with E-state index in [4.69, 9.17) is 4.74 Å². The molecule has 40 heavy (non-hydrogen) atoms. The maximum absolute atomic E-state index is 13.4. The Morgan fingerprint density at radius 3 is 2.48 bits per heavy atom. The average molecular weight is 595 g/mol. The Bertz CT molecular complexity index is 1050. The molecule has 2 aliphatic rings. The van der Waals surface area contributed by atoms with Crippen molar-refractivity contribution in [2.45, 2.75) is 115 Å². The molecule has 1 aliphatic carbocycles. The zero-order valence-electron chi connectivity index (χ0n) is 25.6. The van der Waals surface area contributed by atoms with E-state index in [1.54, 1.807) is 43.9 Å². The Morgan fingerprint density at radius 1 is 1.20 bits per heavy atom. The molecule has 0 unspecified atom stereocenters. The molecule has 5 atom stereocenters. The number of cyclic esters (lactones) is 1. The Hall–Kier alpha value is -1.26. The standard InChI is InChI=1S/C31H50N2O5S2/c1-19-10-9-13-30(4,5)33(16-22-11-12-22)17-24(20(2)14-23-18-40-29(32-23)39-8)38-26(35)15-25(34)31(6,7)28(37)21(3)27(19)36/h14,18-19,21-22,24-25,27,34,36H,9-13,15-17H2,1-8H3/b20-14+/t19-,21+,24-,25-,27-/m0/s1. The van der Waals surface area contributed by atoms with Crippen LogP contribution in [-0.2, 0) is 14.3 Å². The zero-order chi connectivity index (χ0) is 29.8. The number of aliphatic hydroxyl groups is 2. The highest BCUT2D eigenvalue weighted by Crippen LogP contribution is 2.36. The number of rotatable bonds is 5. The molecular formula is C31H50N2O5S2. The van der Waals surface area contributed by atoms with Crippen LogP contribution in [0.1, 0.15) is 92.7 Å². The maximum Gasteiger partial charge on any atom is 0.309 e. The van der Waals surface area contributed by atoms with Crippen LogP contribution in [0, 0.1) is 23.2 Å². The lowest BCUT2D eigenvalue weighted by molar-refractivity contribution is -0.155. The van der Waals surface area contributed by atoms with E-state index in [9.17, 15) is 19.8 Å². The van der Waals surface area contributed by atoms with Gasteiger partial charge in [-0.2, -0.15) is 0 Å². The third-order valence-corrected chi connectivity index (χ3v) is 10.9. The van der Waals surface area contributed by atoms with Crippen LogP contribution < -0.4 is 0 Å². The molecule has 2 heterocycles. The highest BCUT2D eigenvalue weighted by Gasteiger charge is 2.43. The lowest BCUT2D eigenvalue weighted by Gasteiger charge is -2.41. The van der Waals surface area contributed by atoms with Crippen LogP contribution in [0.3, 0.4) is 0 Å². The number of aromatic nitrogens is 1.